The zero-order valence-electron chi connectivity index (χ0n) is 5.91. The SMILES string of the molecule is [C-]#[N+]c1ccc(O)c(CN)c1. The highest BCUT2D eigenvalue weighted by Gasteiger charge is 1.98. The number of hydrogen-bond donors (Lipinski definition) is 2. The molecule has 0 aromatic heterocycles. The normalized spacial score (nSPS) is 9.09. The second-order valence-electron chi connectivity index (χ2n) is 2.13. The lowest BCUT2D eigenvalue weighted by Crippen LogP contribution is -1.95. The Morgan fingerprint density at radius 3 is 2.82 bits per heavy atom. The minimum Gasteiger partial charge on any atom is -0.508 e. The van der Waals surface area contributed by atoms with Crippen LogP contribution in [-0.2, 0) is 6.54 Å². The molecule has 0 bridgehead atoms. The molecule has 11 heavy (non-hydrogen) atoms. The predicted molar refractivity (Wildman–Crippen MR) is 42.3 cm³/mol. The van der Waals surface area contributed by atoms with Crippen LogP contribution >= 0.6 is 0 Å². The van der Waals surface area contributed by atoms with Gasteiger partial charge in [-0.25, -0.2) is 4.85 Å². The second-order valence-corrected chi connectivity index (χ2v) is 2.13. The van der Waals surface area contributed by atoms with E-state index in [4.69, 9.17) is 17.4 Å². The average molecular weight is 148 g/mol. The van der Waals surface area contributed by atoms with E-state index in [-0.39, 0.29) is 12.3 Å². The average Bonchev–Trinajstić information content (AvgIpc) is 2.05. The molecule has 0 unspecified atom stereocenters. The minimum atomic E-state index is 0.153. The van der Waals surface area contributed by atoms with Gasteiger partial charge in [0, 0.05) is 6.54 Å². The molecule has 56 valence electrons. The fourth-order valence-electron chi connectivity index (χ4n) is 0.805. The lowest BCUT2D eigenvalue weighted by molar-refractivity contribution is 0.468. The van der Waals surface area contributed by atoms with Gasteiger partial charge in [-0.3, -0.25) is 0 Å². The van der Waals surface area contributed by atoms with Crippen molar-refractivity contribution in [2.45, 2.75) is 6.54 Å². The number of benzene rings is 1. The van der Waals surface area contributed by atoms with Crippen LogP contribution in [0, 0.1) is 6.57 Å². The highest BCUT2D eigenvalue weighted by Crippen LogP contribution is 2.22. The van der Waals surface area contributed by atoms with Crippen molar-refractivity contribution in [3.05, 3.63) is 35.2 Å². The molecule has 1 aromatic rings. The van der Waals surface area contributed by atoms with Crippen LogP contribution in [0.2, 0.25) is 0 Å². The fourth-order valence-corrected chi connectivity index (χ4v) is 0.805. The standard InChI is InChI=1S/C8H8N2O/c1-10-7-2-3-8(11)6(4-7)5-9/h2-4,11H,5,9H2. The zero-order valence-corrected chi connectivity index (χ0v) is 5.91. The van der Waals surface area contributed by atoms with E-state index in [0.29, 0.717) is 11.3 Å². The maximum absolute atomic E-state index is 9.15. The predicted octanol–water partition coefficient (Wildman–Crippen LogP) is 1.40. The smallest absolute Gasteiger partial charge is 0.187 e. The first kappa shape index (κ1) is 7.58. The van der Waals surface area contributed by atoms with Gasteiger partial charge in [-0.2, -0.15) is 0 Å². The second kappa shape index (κ2) is 3.04. The molecule has 0 heterocycles. The van der Waals surface area contributed by atoms with Crippen molar-refractivity contribution in [2.24, 2.45) is 5.73 Å². The molecule has 0 spiro atoms. The maximum Gasteiger partial charge on any atom is 0.187 e. The summed E-state index contributed by atoms with van der Waals surface area (Å²) < 4.78 is 0. The number of phenols is 1. The summed E-state index contributed by atoms with van der Waals surface area (Å²) in [5.41, 5.74) is 6.42. The van der Waals surface area contributed by atoms with Crippen molar-refractivity contribution in [3.8, 4) is 5.75 Å². The Hall–Kier alpha value is -1.53. The van der Waals surface area contributed by atoms with Gasteiger partial charge in [0.2, 0.25) is 0 Å². The van der Waals surface area contributed by atoms with Crippen LogP contribution in [0.1, 0.15) is 5.56 Å². The van der Waals surface area contributed by atoms with E-state index in [2.05, 4.69) is 4.85 Å². The first-order valence-electron chi connectivity index (χ1n) is 3.17. The number of phenolic OH excluding ortho intramolecular Hbond substituents is 1. The summed E-state index contributed by atoms with van der Waals surface area (Å²) in [5, 5.41) is 9.15. The first-order chi connectivity index (χ1) is 5.27. The Balaban J connectivity index is 3.15. The molecule has 0 amide bonds. The van der Waals surface area contributed by atoms with E-state index in [1.807, 2.05) is 0 Å². The summed E-state index contributed by atoms with van der Waals surface area (Å²) in [6.45, 7) is 6.95. The largest absolute Gasteiger partial charge is 0.508 e. The van der Waals surface area contributed by atoms with E-state index in [1.165, 1.54) is 6.07 Å². The molecular formula is C8H8N2O. The van der Waals surface area contributed by atoms with Gasteiger partial charge in [0.05, 0.1) is 6.57 Å². The van der Waals surface area contributed by atoms with Gasteiger partial charge in [0.15, 0.2) is 5.69 Å². The number of hydrogen-bond acceptors (Lipinski definition) is 2. The number of rotatable bonds is 1. The first-order valence-corrected chi connectivity index (χ1v) is 3.17. The molecule has 0 aliphatic heterocycles. The van der Waals surface area contributed by atoms with Gasteiger partial charge < -0.3 is 10.8 Å². The van der Waals surface area contributed by atoms with E-state index < -0.39 is 0 Å². The number of nitrogens with zero attached hydrogens (tertiary/aromatic N) is 1. The van der Waals surface area contributed by atoms with Crippen LogP contribution in [-0.4, -0.2) is 5.11 Å². The number of aromatic hydroxyl groups is 1. The van der Waals surface area contributed by atoms with Gasteiger partial charge in [-0.15, -0.1) is 0 Å². The Bertz CT molecular complexity index is 301. The van der Waals surface area contributed by atoms with E-state index >= 15 is 0 Å². The maximum atomic E-state index is 9.15. The Kier molecular flexibility index (Phi) is 2.09. The molecule has 0 atom stereocenters. The van der Waals surface area contributed by atoms with Crippen LogP contribution in [0.4, 0.5) is 5.69 Å². The molecule has 0 radical (unpaired) electrons. The third-order valence-corrected chi connectivity index (χ3v) is 1.41. The minimum absolute atomic E-state index is 0.153. The van der Waals surface area contributed by atoms with Crippen molar-refractivity contribution >= 4 is 5.69 Å². The summed E-state index contributed by atoms with van der Waals surface area (Å²) in [6.07, 6.45) is 0. The van der Waals surface area contributed by atoms with Crippen LogP contribution < -0.4 is 5.73 Å². The van der Waals surface area contributed by atoms with Gasteiger partial charge in [0.1, 0.15) is 5.75 Å². The lowest BCUT2D eigenvalue weighted by Gasteiger charge is -1.99. The van der Waals surface area contributed by atoms with Gasteiger partial charge in [0.25, 0.3) is 0 Å². The quantitative estimate of drug-likeness (QED) is 0.591. The summed E-state index contributed by atoms with van der Waals surface area (Å²) >= 11 is 0. The number of nitrogens with two attached hydrogens (primary N) is 1. The highest BCUT2D eigenvalue weighted by molar-refractivity contribution is 5.51. The molecule has 3 heteroatoms. The molecular weight excluding hydrogens is 140 g/mol. The van der Waals surface area contributed by atoms with E-state index in [1.54, 1.807) is 12.1 Å². The topological polar surface area (TPSA) is 50.6 Å². The summed E-state index contributed by atoms with van der Waals surface area (Å²) in [5.74, 6) is 0.153. The monoisotopic (exact) mass is 148 g/mol. The zero-order chi connectivity index (χ0) is 8.27. The van der Waals surface area contributed by atoms with Crippen LogP contribution in [0.15, 0.2) is 18.2 Å². The van der Waals surface area contributed by atoms with Crippen molar-refractivity contribution in [2.75, 3.05) is 0 Å². The van der Waals surface area contributed by atoms with Crippen molar-refractivity contribution in [1.29, 1.82) is 0 Å². The van der Waals surface area contributed by atoms with Crippen LogP contribution in [0.3, 0.4) is 0 Å². The van der Waals surface area contributed by atoms with Gasteiger partial charge >= 0.3 is 0 Å². The highest BCUT2D eigenvalue weighted by atomic mass is 16.3. The molecule has 0 aliphatic rings. The Labute approximate surface area is 64.9 Å². The molecule has 3 nitrogen and oxygen atoms in total. The molecule has 0 saturated heterocycles. The molecule has 1 aromatic carbocycles. The summed E-state index contributed by atoms with van der Waals surface area (Å²) in [7, 11) is 0. The summed E-state index contributed by atoms with van der Waals surface area (Å²) in [4.78, 5) is 3.20. The third-order valence-electron chi connectivity index (χ3n) is 1.41. The van der Waals surface area contributed by atoms with Gasteiger partial charge in [-0.1, -0.05) is 6.07 Å². The molecule has 0 fully saturated rings. The van der Waals surface area contributed by atoms with Crippen molar-refractivity contribution in [1.82, 2.24) is 0 Å². The molecule has 0 aliphatic carbocycles. The molecule has 0 saturated carbocycles. The Morgan fingerprint density at radius 1 is 1.55 bits per heavy atom. The Morgan fingerprint density at radius 2 is 2.27 bits per heavy atom. The molecule has 3 N–H and O–H groups in total. The van der Waals surface area contributed by atoms with Crippen LogP contribution in [0.5, 0.6) is 5.75 Å². The fraction of sp³-hybridized carbons (Fsp3) is 0.125. The lowest BCUT2D eigenvalue weighted by atomic mass is 10.2. The summed E-state index contributed by atoms with van der Waals surface area (Å²) in [6, 6.07) is 4.62. The van der Waals surface area contributed by atoms with Crippen molar-refractivity contribution < 1.29 is 5.11 Å². The van der Waals surface area contributed by atoms with E-state index in [9.17, 15) is 0 Å². The molecule has 1 rings (SSSR count). The van der Waals surface area contributed by atoms with Crippen LogP contribution in [0.25, 0.3) is 4.85 Å². The van der Waals surface area contributed by atoms with Gasteiger partial charge in [-0.05, 0) is 17.7 Å². The van der Waals surface area contributed by atoms with Crippen molar-refractivity contribution in [3.63, 3.8) is 0 Å². The third kappa shape index (κ3) is 1.48. The van der Waals surface area contributed by atoms with E-state index in [0.717, 1.165) is 0 Å².